The zero-order valence-electron chi connectivity index (χ0n) is 16.4. The van der Waals surface area contributed by atoms with Crippen molar-refractivity contribution in [2.75, 3.05) is 20.1 Å². The minimum atomic E-state index is 0. The summed E-state index contributed by atoms with van der Waals surface area (Å²) < 4.78 is 2.04. The molecule has 3 heterocycles. The Bertz CT molecular complexity index is 1080. The molecule has 0 bridgehead atoms. The maximum absolute atomic E-state index is 4.31. The number of fused-ring (bicyclic) bond motifs is 2. The van der Waals surface area contributed by atoms with Crippen molar-refractivity contribution in [1.82, 2.24) is 30.2 Å². The summed E-state index contributed by atoms with van der Waals surface area (Å²) in [6.07, 6.45) is 6.86. The monoisotopic (exact) mass is 503 g/mol. The first-order valence-corrected chi connectivity index (χ1v) is 9.63. The maximum atomic E-state index is 4.31. The Kier molecular flexibility index (Phi) is 7.45. The van der Waals surface area contributed by atoms with Crippen molar-refractivity contribution in [1.29, 1.82) is 0 Å². The standard InChI is InChI=1S/C21H25N7.HI/c1-22-21(24-13-11-16-15-25-18-8-3-2-7-17(16)18)23-12-6-10-20-27-26-19-9-4-5-14-28(19)20;/h2-5,7-9,14-15,25H,6,10-13H2,1H3,(H2,22,23,24);1H. The molecule has 0 spiro atoms. The quantitative estimate of drug-likeness (QED) is 0.157. The molecule has 0 saturated carbocycles. The fourth-order valence-electron chi connectivity index (χ4n) is 3.39. The van der Waals surface area contributed by atoms with Gasteiger partial charge in [-0.1, -0.05) is 24.3 Å². The molecule has 0 saturated heterocycles. The van der Waals surface area contributed by atoms with E-state index in [0.29, 0.717) is 0 Å². The number of rotatable bonds is 7. The van der Waals surface area contributed by atoms with E-state index in [1.165, 1.54) is 16.5 Å². The van der Waals surface area contributed by atoms with Gasteiger partial charge in [-0.05, 0) is 36.6 Å². The third-order valence-corrected chi connectivity index (χ3v) is 4.84. The van der Waals surface area contributed by atoms with E-state index in [-0.39, 0.29) is 24.0 Å². The molecule has 3 aromatic heterocycles. The van der Waals surface area contributed by atoms with Gasteiger partial charge in [0.05, 0.1) is 0 Å². The Morgan fingerprint density at radius 3 is 2.76 bits per heavy atom. The highest BCUT2D eigenvalue weighted by Gasteiger charge is 2.05. The summed E-state index contributed by atoms with van der Waals surface area (Å²) in [7, 11) is 1.80. The van der Waals surface area contributed by atoms with Crippen molar-refractivity contribution in [3.05, 3.63) is 66.2 Å². The number of pyridine rings is 1. The molecule has 0 amide bonds. The topological polar surface area (TPSA) is 82.4 Å². The molecule has 4 aromatic rings. The Morgan fingerprint density at radius 1 is 1.03 bits per heavy atom. The van der Waals surface area contributed by atoms with Crippen LogP contribution in [0.15, 0.2) is 59.9 Å². The molecular weight excluding hydrogens is 477 g/mol. The van der Waals surface area contributed by atoms with Crippen LogP contribution in [0.1, 0.15) is 17.8 Å². The van der Waals surface area contributed by atoms with Crippen LogP contribution in [0.5, 0.6) is 0 Å². The number of halogens is 1. The molecule has 0 unspecified atom stereocenters. The SMILES string of the molecule is CN=C(NCCCc1nnc2ccccn12)NCCc1c[nH]c2ccccc12.I. The number of aliphatic imine (C=N–C) groups is 1. The van der Waals surface area contributed by atoms with E-state index < -0.39 is 0 Å². The van der Waals surface area contributed by atoms with Gasteiger partial charge in [-0.25, -0.2) is 0 Å². The molecule has 152 valence electrons. The lowest BCUT2D eigenvalue weighted by Gasteiger charge is -2.11. The van der Waals surface area contributed by atoms with Crippen molar-refractivity contribution in [2.24, 2.45) is 4.99 Å². The van der Waals surface area contributed by atoms with Crippen molar-refractivity contribution < 1.29 is 0 Å². The first-order chi connectivity index (χ1) is 13.8. The van der Waals surface area contributed by atoms with Crippen molar-refractivity contribution >= 4 is 46.5 Å². The molecular formula is C21H26IN7. The minimum absolute atomic E-state index is 0. The van der Waals surface area contributed by atoms with Crippen molar-refractivity contribution in [3.63, 3.8) is 0 Å². The number of benzene rings is 1. The smallest absolute Gasteiger partial charge is 0.190 e. The van der Waals surface area contributed by atoms with Crippen LogP contribution in [0.2, 0.25) is 0 Å². The van der Waals surface area contributed by atoms with E-state index in [1.54, 1.807) is 7.05 Å². The molecule has 0 radical (unpaired) electrons. The van der Waals surface area contributed by atoms with E-state index in [1.807, 2.05) is 28.8 Å². The molecule has 29 heavy (non-hydrogen) atoms. The maximum Gasteiger partial charge on any atom is 0.190 e. The van der Waals surface area contributed by atoms with Crippen molar-refractivity contribution in [3.8, 4) is 0 Å². The van der Waals surface area contributed by atoms with E-state index in [9.17, 15) is 0 Å². The van der Waals surface area contributed by atoms with Gasteiger partial charge in [-0.15, -0.1) is 34.2 Å². The predicted molar refractivity (Wildman–Crippen MR) is 128 cm³/mol. The summed E-state index contributed by atoms with van der Waals surface area (Å²) in [5.74, 6) is 1.81. The Morgan fingerprint density at radius 2 is 1.86 bits per heavy atom. The molecule has 3 N–H and O–H groups in total. The number of aromatic amines is 1. The minimum Gasteiger partial charge on any atom is -0.361 e. The van der Waals surface area contributed by atoms with E-state index >= 15 is 0 Å². The number of nitrogens with zero attached hydrogens (tertiary/aromatic N) is 4. The fraction of sp³-hybridized carbons (Fsp3) is 0.286. The lowest BCUT2D eigenvalue weighted by Crippen LogP contribution is -2.38. The van der Waals surface area contributed by atoms with Crippen LogP contribution in [0.25, 0.3) is 16.6 Å². The molecule has 0 fully saturated rings. The van der Waals surface area contributed by atoms with Gasteiger partial charge in [0.1, 0.15) is 5.82 Å². The van der Waals surface area contributed by atoms with Gasteiger partial charge in [-0.3, -0.25) is 9.39 Å². The summed E-state index contributed by atoms with van der Waals surface area (Å²) in [5.41, 5.74) is 3.39. The number of guanidine groups is 1. The zero-order chi connectivity index (χ0) is 19.2. The number of hydrogen-bond acceptors (Lipinski definition) is 3. The van der Waals surface area contributed by atoms with E-state index in [0.717, 1.165) is 49.8 Å². The second-order valence-corrected chi connectivity index (χ2v) is 6.68. The second-order valence-electron chi connectivity index (χ2n) is 6.68. The number of hydrogen-bond donors (Lipinski definition) is 3. The van der Waals surface area contributed by atoms with Crippen LogP contribution in [0.3, 0.4) is 0 Å². The van der Waals surface area contributed by atoms with Crippen LogP contribution in [-0.4, -0.2) is 45.7 Å². The Labute approximate surface area is 187 Å². The van der Waals surface area contributed by atoms with Gasteiger partial charge in [-0.2, -0.15) is 0 Å². The predicted octanol–water partition coefficient (Wildman–Crippen LogP) is 3.17. The van der Waals surface area contributed by atoms with Crippen molar-refractivity contribution in [2.45, 2.75) is 19.3 Å². The summed E-state index contributed by atoms with van der Waals surface area (Å²) in [6.45, 7) is 1.66. The van der Waals surface area contributed by atoms with Crippen LogP contribution in [0, 0.1) is 0 Å². The van der Waals surface area contributed by atoms with Gasteiger partial charge in [0.2, 0.25) is 0 Å². The average molecular weight is 503 g/mol. The number of H-pyrrole nitrogens is 1. The molecule has 0 aliphatic rings. The second kappa shape index (κ2) is 10.2. The molecule has 8 heteroatoms. The number of para-hydroxylation sites is 1. The zero-order valence-corrected chi connectivity index (χ0v) is 18.8. The Balaban J connectivity index is 0.00000240. The Hall–Kier alpha value is -2.62. The first-order valence-electron chi connectivity index (χ1n) is 9.63. The molecule has 4 rings (SSSR count). The highest BCUT2D eigenvalue weighted by atomic mass is 127. The number of aromatic nitrogens is 4. The van der Waals surface area contributed by atoms with Gasteiger partial charge >= 0.3 is 0 Å². The summed E-state index contributed by atoms with van der Waals surface area (Å²) in [6, 6.07) is 14.3. The van der Waals surface area contributed by atoms with Gasteiger partial charge in [0, 0.05) is 49.9 Å². The first kappa shape index (κ1) is 21.1. The fourth-order valence-corrected chi connectivity index (χ4v) is 3.39. The molecule has 7 nitrogen and oxygen atoms in total. The number of nitrogens with one attached hydrogen (secondary N) is 3. The highest BCUT2D eigenvalue weighted by molar-refractivity contribution is 14.0. The lowest BCUT2D eigenvalue weighted by molar-refractivity contribution is 0.713. The van der Waals surface area contributed by atoms with Crippen LogP contribution >= 0.6 is 24.0 Å². The summed E-state index contributed by atoms with van der Waals surface area (Å²) >= 11 is 0. The lowest BCUT2D eigenvalue weighted by atomic mass is 10.1. The van der Waals surface area contributed by atoms with E-state index in [4.69, 9.17) is 0 Å². The van der Waals surface area contributed by atoms with Crippen LogP contribution < -0.4 is 10.6 Å². The van der Waals surface area contributed by atoms with Gasteiger partial charge in [0.25, 0.3) is 0 Å². The van der Waals surface area contributed by atoms with Gasteiger partial charge < -0.3 is 15.6 Å². The third-order valence-electron chi connectivity index (χ3n) is 4.84. The van der Waals surface area contributed by atoms with Gasteiger partial charge in [0.15, 0.2) is 11.6 Å². The summed E-state index contributed by atoms with van der Waals surface area (Å²) in [5, 5.41) is 16.5. The summed E-state index contributed by atoms with van der Waals surface area (Å²) in [4.78, 5) is 7.63. The largest absolute Gasteiger partial charge is 0.361 e. The highest BCUT2D eigenvalue weighted by Crippen LogP contribution is 2.17. The normalized spacial score (nSPS) is 11.6. The van der Waals surface area contributed by atoms with Crippen LogP contribution in [-0.2, 0) is 12.8 Å². The molecule has 1 aromatic carbocycles. The molecule has 0 atom stereocenters. The molecule has 0 aliphatic heterocycles. The molecule has 0 aliphatic carbocycles. The third kappa shape index (κ3) is 5.06. The number of aryl methyl sites for hydroxylation is 1. The van der Waals surface area contributed by atoms with E-state index in [2.05, 4.69) is 61.3 Å². The average Bonchev–Trinajstić information content (AvgIpc) is 3.34. The van der Waals surface area contributed by atoms with Crippen LogP contribution in [0.4, 0.5) is 0 Å².